The van der Waals surface area contributed by atoms with E-state index in [-0.39, 0.29) is 5.91 Å². The Morgan fingerprint density at radius 3 is 3.00 bits per heavy atom. The van der Waals surface area contributed by atoms with Gasteiger partial charge in [-0.25, -0.2) is 4.98 Å². The van der Waals surface area contributed by atoms with E-state index < -0.39 is 0 Å². The molecule has 5 nitrogen and oxygen atoms in total. The number of aromatic nitrogens is 2. The zero-order valence-corrected chi connectivity index (χ0v) is 10.9. The topological polar surface area (TPSA) is 72.8 Å². The number of carbonyl (C=O) groups is 1. The van der Waals surface area contributed by atoms with Crippen molar-refractivity contribution in [3.63, 3.8) is 0 Å². The highest BCUT2D eigenvalue weighted by Crippen LogP contribution is 2.24. The van der Waals surface area contributed by atoms with Gasteiger partial charge in [-0.05, 0) is 19.3 Å². The monoisotopic (exact) mass is 246 g/mol. The summed E-state index contributed by atoms with van der Waals surface area (Å²) in [4.78, 5) is 20.8. The second-order valence-electron chi connectivity index (χ2n) is 4.90. The lowest BCUT2D eigenvalue weighted by molar-refractivity contribution is -0.128. The van der Waals surface area contributed by atoms with E-state index in [2.05, 4.69) is 16.9 Å². The van der Waals surface area contributed by atoms with Gasteiger partial charge in [0, 0.05) is 18.7 Å². The maximum Gasteiger partial charge on any atom is 0.223 e. The summed E-state index contributed by atoms with van der Waals surface area (Å²) in [5, 5.41) is 8.78. The molecule has 1 N–H and O–H groups in total. The largest absolute Gasteiger partial charge is 0.336 e. The fourth-order valence-corrected chi connectivity index (χ4v) is 2.49. The lowest BCUT2D eigenvalue weighted by atomic mass is 10.0. The minimum Gasteiger partial charge on any atom is -0.336 e. The molecule has 0 saturated carbocycles. The maximum absolute atomic E-state index is 11.9. The van der Waals surface area contributed by atoms with E-state index >= 15 is 0 Å². The molecule has 0 bridgehead atoms. The summed E-state index contributed by atoms with van der Waals surface area (Å²) >= 11 is 0. The molecule has 0 aromatic carbocycles. The number of likely N-dealkylation sites (tertiary alicyclic amines) is 1. The van der Waals surface area contributed by atoms with Gasteiger partial charge in [0.15, 0.2) is 0 Å². The zero-order chi connectivity index (χ0) is 13.1. The van der Waals surface area contributed by atoms with Crippen LogP contribution in [-0.2, 0) is 11.3 Å². The molecule has 1 aliphatic rings. The standard InChI is InChI=1S/C13H18N4O/c1-3-4-10-5-13(18)17(7-10)8-11-9(2)15-12(6-14)16-11/h10H,3-5,7-8H2,1-2H3,(H,15,16). The number of imidazole rings is 1. The van der Waals surface area contributed by atoms with E-state index in [1.807, 2.05) is 17.9 Å². The molecule has 1 unspecified atom stereocenters. The van der Waals surface area contributed by atoms with Crippen molar-refractivity contribution in [1.29, 1.82) is 5.26 Å². The van der Waals surface area contributed by atoms with Crippen LogP contribution in [0.3, 0.4) is 0 Å². The molecule has 1 amide bonds. The lowest BCUT2D eigenvalue weighted by Gasteiger charge is -2.15. The van der Waals surface area contributed by atoms with Crippen LogP contribution in [0.5, 0.6) is 0 Å². The van der Waals surface area contributed by atoms with Crippen LogP contribution in [0.4, 0.5) is 0 Å². The highest BCUT2D eigenvalue weighted by Gasteiger charge is 2.29. The Bertz CT molecular complexity index is 486. The normalized spacial score (nSPS) is 19.3. The SMILES string of the molecule is CCCC1CC(=O)N(Cc2nc(C#N)[nH]c2C)C1. The van der Waals surface area contributed by atoms with Gasteiger partial charge in [-0.1, -0.05) is 13.3 Å². The first kappa shape index (κ1) is 12.6. The molecular formula is C13H18N4O. The number of nitrogens with one attached hydrogen (secondary N) is 1. The Kier molecular flexibility index (Phi) is 3.66. The Balaban J connectivity index is 2.03. The first-order chi connectivity index (χ1) is 8.63. The molecule has 18 heavy (non-hydrogen) atoms. The zero-order valence-electron chi connectivity index (χ0n) is 10.9. The Morgan fingerprint density at radius 1 is 1.61 bits per heavy atom. The molecule has 2 heterocycles. The molecule has 0 aliphatic carbocycles. The highest BCUT2D eigenvalue weighted by molar-refractivity contribution is 5.78. The van der Waals surface area contributed by atoms with Crippen LogP contribution in [0, 0.1) is 24.2 Å². The predicted octanol–water partition coefficient (Wildman–Crippen LogP) is 1.74. The molecular weight excluding hydrogens is 228 g/mol. The third kappa shape index (κ3) is 2.53. The fraction of sp³-hybridized carbons (Fsp3) is 0.615. The summed E-state index contributed by atoms with van der Waals surface area (Å²) in [6, 6.07) is 1.98. The van der Waals surface area contributed by atoms with Crippen LogP contribution >= 0.6 is 0 Å². The maximum atomic E-state index is 11.9. The number of rotatable bonds is 4. The number of amides is 1. The Hall–Kier alpha value is -1.83. The van der Waals surface area contributed by atoms with Gasteiger partial charge >= 0.3 is 0 Å². The summed E-state index contributed by atoms with van der Waals surface area (Å²) in [7, 11) is 0. The smallest absolute Gasteiger partial charge is 0.223 e. The Labute approximate surface area is 107 Å². The average molecular weight is 246 g/mol. The number of aromatic amines is 1. The van der Waals surface area contributed by atoms with Crippen LogP contribution in [0.2, 0.25) is 0 Å². The average Bonchev–Trinajstić information content (AvgIpc) is 2.85. The van der Waals surface area contributed by atoms with E-state index in [0.717, 1.165) is 30.8 Å². The number of carbonyl (C=O) groups excluding carboxylic acids is 1. The number of nitriles is 1. The van der Waals surface area contributed by atoms with Crippen molar-refractivity contribution in [3.05, 3.63) is 17.2 Å². The quantitative estimate of drug-likeness (QED) is 0.879. The molecule has 1 aromatic rings. The van der Waals surface area contributed by atoms with E-state index in [1.165, 1.54) is 0 Å². The van der Waals surface area contributed by atoms with E-state index in [9.17, 15) is 4.79 Å². The van der Waals surface area contributed by atoms with Gasteiger partial charge in [-0.15, -0.1) is 0 Å². The molecule has 1 aliphatic heterocycles. The fourth-order valence-electron chi connectivity index (χ4n) is 2.49. The minimum absolute atomic E-state index is 0.203. The van der Waals surface area contributed by atoms with Crippen LogP contribution in [0.1, 0.15) is 43.4 Å². The summed E-state index contributed by atoms with van der Waals surface area (Å²) in [5.41, 5.74) is 1.68. The van der Waals surface area contributed by atoms with E-state index in [4.69, 9.17) is 5.26 Å². The van der Waals surface area contributed by atoms with Crippen molar-refractivity contribution in [2.75, 3.05) is 6.54 Å². The minimum atomic E-state index is 0.203. The van der Waals surface area contributed by atoms with Crippen molar-refractivity contribution < 1.29 is 4.79 Å². The van der Waals surface area contributed by atoms with Gasteiger partial charge in [0.2, 0.25) is 11.7 Å². The van der Waals surface area contributed by atoms with Gasteiger partial charge in [0.25, 0.3) is 0 Å². The third-order valence-electron chi connectivity index (χ3n) is 3.42. The van der Waals surface area contributed by atoms with Crippen LogP contribution in [0.15, 0.2) is 0 Å². The van der Waals surface area contributed by atoms with E-state index in [1.54, 1.807) is 0 Å². The predicted molar refractivity (Wildman–Crippen MR) is 66.5 cm³/mol. The summed E-state index contributed by atoms with van der Waals surface area (Å²) in [5.74, 6) is 1.01. The summed E-state index contributed by atoms with van der Waals surface area (Å²) in [6.07, 6.45) is 2.87. The number of H-pyrrole nitrogens is 1. The van der Waals surface area contributed by atoms with Crippen molar-refractivity contribution in [2.45, 2.75) is 39.7 Å². The third-order valence-corrected chi connectivity index (χ3v) is 3.42. The summed E-state index contributed by atoms with van der Waals surface area (Å²) in [6.45, 7) is 5.36. The summed E-state index contributed by atoms with van der Waals surface area (Å²) < 4.78 is 0. The van der Waals surface area contributed by atoms with Crippen LogP contribution in [0.25, 0.3) is 0 Å². The van der Waals surface area contributed by atoms with Gasteiger partial charge in [0.1, 0.15) is 6.07 Å². The molecule has 5 heteroatoms. The Morgan fingerprint density at radius 2 is 2.39 bits per heavy atom. The number of hydrogen-bond donors (Lipinski definition) is 1. The first-order valence-electron chi connectivity index (χ1n) is 6.37. The van der Waals surface area contributed by atoms with Crippen molar-refractivity contribution >= 4 is 5.91 Å². The van der Waals surface area contributed by atoms with Gasteiger partial charge in [0.05, 0.1) is 12.2 Å². The number of nitrogens with zero attached hydrogens (tertiary/aromatic N) is 3. The van der Waals surface area contributed by atoms with E-state index in [0.29, 0.717) is 24.7 Å². The molecule has 0 spiro atoms. The van der Waals surface area contributed by atoms with Gasteiger partial charge in [-0.3, -0.25) is 4.79 Å². The number of aryl methyl sites for hydroxylation is 1. The second kappa shape index (κ2) is 5.21. The number of hydrogen-bond acceptors (Lipinski definition) is 3. The van der Waals surface area contributed by atoms with Gasteiger partial charge < -0.3 is 9.88 Å². The second-order valence-corrected chi connectivity index (χ2v) is 4.90. The van der Waals surface area contributed by atoms with Crippen molar-refractivity contribution in [1.82, 2.24) is 14.9 Å². The highest BCUT2D eigenvalue weighted by atomic mass is 16.2. The van der Waals surface area contributed by atoms with Crippen LogP contribution < -0.4 is 0 Å². The molecule has 1 fully saturated rings. The first-order valence-corrected chi connectivity index (χ1v) is 6.37. The lowest BCUT2D eigenvalue weighted by Crippen LogP contribution is -2.25. The molecule has 96 valence electrons. The molecule has 2 rings (SSSR count). The molecule has 1 aromatic heterocycles. The molecule has 1 atom stereocenters. The van der Waals surface area contributed by atoms with Gasteiger partial charge in [-0.2, -0.15) is 5.26 Å². The van der Waals surface area contributed by atoms with Crippen molar-refractivity contribution in [3.8, 4) is 6.07 Å². The molecule has 1 saturated heterocycles. The molecule has 0 radical (unpaired) electrons. The van der Waals surface area contributed by atoms with Crippen molar-refractivity contribution in [2.24, 2.45) is 5.92 Å². The van der Waals surface area contributed by atoms with Crippen LogP contribution in [-0.4, -0.2) is 27.3 Å².